The second-order valence-corrected chi connectivity index (χ2v) is 7.21. The Morgan fingerprint density at radius 1 is 1.10 bits per heavy atom. The van der Waals surface area contributed by atoms with E-state index in [0.717, 1.165) is 12.8 Å². The molecule has 0 fully saturated rings. The second kappa shape index (κ2) is 8.22. The fourth-order valence-corrected chi connectivity index (χ4v) is 1.76. The van der Waals surface area contributed by atoms with Crippen molar-refractivity contribution in [3.05, 3.63) is 0 Å². The first-order valence-electron chi connectivity index (χ1n) is 7.38. The van der Waals surface area contributed by atoms with Crippen LogP contribution in [0.15, 0.2) is 0 Å². The van der Waals surface area contributed by atoms with Crippen molar-refractivity contribution in [2.75, 3.05) is 6.54 Å². The summed E-state index contributed by atoms with van der Waals surface area (Å²) in [7, 11) is 0. The van der Waals surface area contributed by atoms with Crippen LogP contribution in [0.5, 0.6) is 0 Å². The molecular formula is C15H30N2O4. The third-order valence-electron chi connectivity index (χ3n) is 2.49. The molecule has 0 aliphatic heterocycles. The smallest absolute Gasteiger partial charge is 0.407 e. The number of alkyl carbamates (subject to hydrolysis) is 1. The van der Waals surface area contributed by atoms with Crippen LogP contribution in [-0.4, -0.2) is 40.9 Å². The van der Waals surface area contributed by atoms with E-state index >= 15 is 0 Å². The van der Waals surface area contributed by atoms with E-state index < -0.39 is 23.7 Å². The van der Waals surface area contributed by atoms with Crippen molar-refractivity contribution in [1.29, 1.82) is 0 Å². The molecule has 0 aromatic rings. The zero-order chi connectivity index (χ0) is 16.7. The van der Waals surface area contributed by atoms with Gasteiger partial charge in [0, 0.05) is 12.1 Å². The SMILES string of the molecule is CC(C)(C)NC(CCCCNC(=O)OC(C)(C)C)C(=O)O. The average Bonchev–Trinajstić information content (AvgIpc) is 2.22. The largest absolute Gasteiger partial charge is 0.480 e. The molecule has 6 nitrogen and oxygen atoms in total. The third kappa shape index (κ3) is 12.2. The zero-order valence-electron chi connectivity index (χ0n) is 14.1. The van der Waals surface area contributed by atoms with Gasteiger partial charge in [-0.25, -0.2) is 4.79 Å². The van der Waals surface area contributed by atoms with E-state index in [2.05, 4.69) is 10.6 Å². The van der Waals surface area contributed by atoms with Gasteiger partial charge >= 0.3 is 12.1 Å². The van der Waals surface area contributed by atoms with Crippen molar-refractivity contribution in [3.63, 3.8) is 0 Å². The van der Waals surface area contributed by atoms with Crippen LogP contribution in [0.3, 0.4) is 0 Å². The lowest BCUT2D eigenvalue weighted by Crippen LogP contribution is -2.47. The summed E-state index contributed by atoms with van der Waals surface area (Å²) in [5.74, 6) is -0.843. The Morgan fingerprint density at radius 3 is 2.10 bits per heavy atom. The van der Waals surface area contributed by atoms with Gasteiger partial charge in [0.2, 0.25) is 0 Å². The van der Waals surface area contributed by atoms with Crippen LogP contribution in [0.4, 0.5) is 4.79 Å². The molecule has 0 radical (unpaired) electrons. The van der Waals surface area contributed by atoms with E-state index in [9.17, 15) is 9.59 Å². The average molecular weight is 302 g/mol. The number of aliphatic carboxylic acids is 1. The number of ether oxygens (including phenoxy) is 1. The first-order chi connectivity index (χ1) is 9.41. The predicted octanol–water partition coefficient (Wildman–Crippen LogP) is 2.52. The molecule has 0 saturated carbocycles. The fraction of sp³-hybridized carbons (Fsp3) is 0.867. The maximum Gasteiger partial charge on any atom is 0.407 e. The van der Waals surface area contributed by atoms with Crippen LogP contribution in [0, 0.1) is 0 Å². The van der Waals surface area contributed by atoms with Crippen LogP contribution < -0.4 is 10.6 Å². The van der Waals surface area contributed by atoms with Gasteiger partial charge in [-0.2, -0.15) is 0 Å². The Balaban J connectivity index is 3.92. The first-order valence-corrected chi connectivity index (χ1v) is 7.38. The molecule has 3 N–H and O–H groups in total. The van der Waals surface area contributed by atoms with Crippen LogP contribution in [0.1, 0.15) is 60.8 Å². The van der Waals surface area contributed by atoms with Crippen molar-refractivity contribution in [2.45, 2.75) is 78.0 Å². The molecule has 1 amide bonds. The number of hydrogen-bond acceptors (Lipinski definition) is 4. The number of hydrogen-bond donors (Lipinski definition) is 3. The number of amides is 1. The van der Waals surface area contributed by atoms with Crippen LogP contribution in [-0.2, 0) is 9.53 Å². The normalized spacial score (nSPS) is 13.6. The molecule has 1 unspecified atom stereocenters. The lowest BCUT2D eigenvalue weighted by molar-refractivity contribution is -0.140. The highest BCUT2D eigenvalue weighted by molar-refractivity contribution is 5.73. The van der Waals surface area contributed by atoms with Crippen molar-refractivity contribution >= 4 is 12.1 Å². The molecule has 0 spiro atoms. The summed E-state index contributed by atoms with van der Waals surface area (Å²) >= 11 is 0. The molecule has 0 heterocycles. The van der Waals surface area contributed by atoms with Crippen LogP contribution in [0.2, 0.25) is 0 Å². The number of carbonyl (C=O) groups is 2. The Labute approximate surface area is 127 Å². The van der Waals surface area contributed by atoms with Gasteiger partial charge in [-0.15, -0.1) is 0 Å². The molecule has 0 saturated heterocycles. The third-order valence-corrected chi connectivity index (χ3v) is 2.49. The first kappa shape index (κ1) is 19.7. The predicted molar refractivity (Wildman–Crippen MR) is 82.4 cm³/mol. The maximum absolute atomic E-state index is 11.4. The Morgan fingerprint density at radius 2 is 1.67 bits per heavy atom. The maximum atomic E-state index is 11.4. The van der Waals surface area contributed by atoms with Crippen molar-refractivity contribution in [3.8, 4) is 0 Å². The highest BCUT2D eigenvalue weighted by Crippen LogP contribution is 2.08. The lowest BCUT2D eigenvalue weighted by atomic mass is 10.0. The van der Waals surface area contributed by atoms with Gasteiger partial charge in [-0.1, -0.05) is 0 Å². The van der Waals surface area contributed by atoms with Gasteiger partial charge in [0.1, 0.15) is 11.6 Å². The molecule has 0 bridgehead atoms. The van der Waals surface area contributed by atoms with Gasteiger partial charge in [0.25, 0.3) is 0 Å². The van der Waals surface area contributed by atoms with Crippen LogP contribution >= 0.6 is 0 Å². The molecule has 0 aliphatic carbocycles. The Bertz CT molecular complexity index is 343. The highest BCUT2D eigenvalue weighted by atomic mass is 16.6. The minimum Gasteiger partial charge on any atom is -0.480 e. The summed E-state index contributed by atoms with van der Waals surface area (Å²) < 4.78 is 5.11. The molecule has 124 valence electrons. The molecule has 0 aliphatic rings. The van der Waals surface area contributed by atoms with Gasteiger partial charge in [0.15, 0.2) is 0 Å². The number of nitrogens with one attached hydrogen (secondary N) is 2. The summed E-state index contributed by atoms with van der Waals surface area (Å²) in [4.78, 5) is 22.6. The Hall–Kier alpha value is -1.30. The monoisotopic (exact) mass is 302 g/mol. The molecule has 1 atom stereocenters. The molecule has 21 heavy (non-hydrogen) atoms. The van der Waals surface area contributed by atoms with Gasteiger partial charge in [-0.3, -0.25) is 10.1 Å². The van der Waals surface area contributed by atoms with E-state index in [1.165, 1.54) is 0 Å². The van der Waals surface area contributed by atoms with E-state index in [1.54, 1.807) is 0 Å². The number of carbonyl (C=O) groups excluding carboxylic acids is 1. The minimum absolute atomic E-state index is 0.238. The number of carboxylic acid groups (broad SMARTS) is 1. The molecule has 0 aromatic carbocycles. The van der Waals surface area contributed by atoms with Gasteiger partial charge in [-0.05, 0) is 60.8 Å². The number of carboxylic acids is 1. The fourth-order valence-electron chi connectivity index (χ4n) is 1.76. The summed E-state index contributed by atoms with van der Waals surface area (Å²) in [6, 6.07) is -0.563. The quantitative estimate of drug-likeness (QED) is 0.629. The van der Waals surface area contributed by atoms with E-state index in [1.807, 2.05) is 41.5 Å². The summed E-state index contributed by atoms with van der Waals surface area (Å²) in [5, 5.41) is 14.9. The molecule has 0 aromatic heterocycles. The van der Waals surface area contributed by atoms with E-state index in [-0.39, 0.29) is 5.54 Å². The minimum atomic E-state index is -0.843. The second-order valence-electron chi connectivity index (χ2n) is 7.21. The Kier molecular flexibility index (Phi) is 7.71. The number of unbranched alkanes of at least 4 members (excludes halogenated alkanes) is 1. The zero-order valence-corrected chi connectivity index (χ0v) is 14.1. The van der Waals surface area contributed by atoms with Crippen molar-refractivity contribution in [2.24, 2.45) is 0 Å². The standard InChI is InChI=1S/C15H30N2O4/c1-14(2,3)17-11(12(18)19)9-7-8-10-16-13(20)21-15(4,5)6/h11,17H,7-10H2,1-6H3,(H,16,20)(H,18,19). The van der Waals surface area contributed by atoms with E-state index in [0.29, 0.717) is 13.0 Å². The summed E-state index contributed by atoms with van der Waals surface area (Å²) in [6.07, 6.45) is 1.53. The topological polar surface area (TPSA) is 87.7 Å². The van der Waals surface area contributed by atoms with E-state index in [4.69, 9.17) is 9.84 Å². The highest BCUT2D eigenvalue weighted by Gasteiger charge is 2.22. The lowest BCUT2D eigenvalue weighted by Gasteiger charge is -2.26. The van der Waals surface area contributed by atoms with Gasteiger partial charge < -0.3 is 15.2 Å². The molecular weight excluding hydrogens is 272 g/mol. The summed E-state index contributed by atoms with van der Waals surface area (Å²) in [6.45, 7) is 11.7. The molecule has 6 heteroatoms. The number of rotatable bonds is 7. The van der Waals surface area contributed by atoms with Crippen molar-refractivity contribution in [1.82, 2.24) is 10.6 Å². The molecule has 0 rings (SSSR count). The van der Waals surface area contributed by atoms with Crippen LogP contribution in [0.25, 0.3) is 0 Å². The van der Waals surface area contributed by atoms with Crippen molar-refractivity contribution < 1.29 is 19.4 Å². The van der Waals surface area contributed by atoms with Gasteiger partial charge in [0.05, 0.1) is 0 Å². The summed E-state index contributed by atoms with van der Waals surface area (Å²) in [5.41, 5.74) is -0.743.